The summed E-state index contributed by atoms with van der Waals surface area (Å²) >= 11 is 5.99. The Kier molecular flexibility index (Phi) is 6.08. The van der Waals surface area contributed by atoms with Crippen molar-refractivity contribution in [3.63, 3.8) is 0 Å². The van der Waals surface area contributed by atoms with Crippen LogP contribution in [0.5, 0.6) is 11.5 Å². The van der Waals surface area contributed by atoms with Crippen LogP contribution in [0.3, 0.4) is 0 Å². The minimum Gasteiger partial charge on any atom is -0.508 e. The molecule has 3 nitrogen and oxygen atoms in total. The first-order valence-electron chi connectivity index (χ1n) is 7.93. The highest BCUT2D eigenvalue weighted by atomic mass is 35.5. The van der Waals surface area contributed by atoms with Gasteiger partial charge in [0, 0.05) is 11.1 Å². The van der Waals surface area contributed by atoms with Crippen molar-refractivity contribution in [2.45, 2.75) is 31.4 Å². The third kappa shape index (κ3) is 4.85. The summed E-state index contributed by atoms with van der Waals surface area (Å²) < 4.78 is 36.2. The number of alkyl halides is 3. The van der Waals surface area contributed by atoms with Gasteiger partial charge in [0.1, 0.15) is 11.5 Å². The number of nitrogen functional groups attached to an aromatic ring is 1. The van der Waals surface area contributed by atoms with Gasteiger partial charge in [0.15, 0.2) is 0 Å². The molecule has 0 bridgehead atoms. The number of anilines is 1. The lowest BCUT2D eigenvalue weighted by Gasteiger charge is -2.27. The Bertz CT molecular complexity index is 785. The first kappa shape index (κ1) is 20.0. The van der Waals surface area contributed by atoms with Crippen LogP contribution < -0.4 is 5.73 Å². The summed E-state index contributed by atoms with van der Waals surface area (Å²) in [6.07, 6.45) is -0.785. The summed E-state index contributed by atoms with van der Waals surface area (Å²) in [5.41, 5.74) is 6.16. The van der Waals surface area contributed by atoms with Gasteiger partial charge in [-0.05, 0) is 48.1 Å². The summed E-state index contributed by atoms with van der Waals surface area (Å²) in [5, 5.41) is 18.8. The lowest BCUT2D eigenvalue weighted by Crippen LogP contribution is -2.09. The highest BCUT2D eigenvalue weighted by Crippen LogP contribution is 2.42. The second-order valence-corrected chi connectivity index (χ2v) is 6.49. The Labute approximate surface area is 154 Å². The van der Waals surface area contributed by atoms with Crippen LogP contribution in [0.2, 0.25) is 5.02 Å². The van der Waals surface area contributed by atoms with Crippen molar-refractivity contribution in [1.82, 2.24) is 0 Å². The lowest BCUT2D eigenvalue weighted by atomic mass is 9.80. The van der Waals surface area contributed by atoms with E-state index in [9.17, 15) is 18.3 Å². The number of rotatable bonds is 2. The molecule has 2 aromatic carbocycles. The molecule has 7 heteroatoms. The predicted octanol–water partition coefficient (Wildman–Crippen LogP) is 5.86. The minimum absolute atomic E-state index is 0.0368. The molecular formula is C19H19ClF3NO2. The topological polar surface area (TPSA) is 66.5 Å². The van der Waals surface area contributed by atoms with Crippen LogP contribution in [-0.4, -0.2) is 16.4 Å². The number of phenols is 2. The Morgan fingerprint density at radius 2 is 1.69 bits per heavy atom. The monoisotopic (exact) mass is 385 g/mol. The molecule has 0 aromatic heterocycles. The number of hydrogen-bond acceptors (Lipinski definition) is 3. The van der Waals surface area contributed by atoms with Gasteiger partial charge >= 0.3 is 6.18 Å². The average Bonchev–Trinajstić information content (AvgIpc) is 2.51. The molecule has 2 aromatic rings. The Morgan fingerprint density at radius 3 is 2.15 bits per heavy atom. The summed E-state index contributed by atoms with van der Waals surface area (Å²) in [4.78, 5) is 0. The SMILES string of the molecule is C=C(c1ccc(O)cc1)C(F)(F)F.Nc1cc(C2CCC2)c(Cl)cc1O. The van der Waals surface area contributed by atoms with Crippen LogP contribution >= 0.6 is 11.6 Å². The average molecular weight is 386 g/mol. The maximum absolute atomic E-state index is 12.1. The van der Waals surface area contributed by atoms with Crippen LogP contribution in [0.1, 0.15) is 36.3 Å². The number of hydrogen-bond donors (Lipinski definition) is 3. The van der Waals surface area contributed by atoms with E-state index in [1.165, 1.54) is 49.6 Å². The highest BCUT2D eigenvalue weighted by molar-refractivity contribution is 6.31. The zero-order valence-corrected chi connectivity index (χ0v) is 14.6. The van der Waals surface area contributed by atoms with Gasteiger partial charge in [0.05, 0.1) is 11.3 Å². The van der Waals surface area contributed by atoms with E-state index in [0.717, 1.165) is 5.56 Å². The number of phenolic OH excluding ortho intramolecular Hbond substituents is 2. The van der Waals surface area contributed by atoms with Crippen LogP contribution in [0.15, 0.2) is 43.0 Å². The largest absolute Gasteiger partial charge is 0.508 e. The molecule has 0 heterocycles. The number of halogens is 4. The van der Waals surface area contributed by atoms with Gasteiger partial charge in [-0.25, -0.2) is 0 Å². The molecular weight excluding hydrogens is 367 g/mol. The van der Waals surface area contributed by atoms with Crippen LogP contribution in [0.4, 0.5) is 18.9 Å². The van der Waals surface area contributed by atoms with E-state index in [4.69, 9.17) is 22.4 Å². The molecule has 0 unspecified atom stereocenters. The zero-order valence-electron chi connectivity index (χ0n) is 13.9. The smallest absolute Gasteiger partial charge is 0.416 e. The van der Waals surface area contributed by atoms with Crippen LogP contribution in [0, 0.1) is 0 Å². The molecule has 1 aliphatic rings. The van der Waals surface area contributed by atoms with Gasteiger partial charge in [0.2, 0.25) is 0 Å². The van der Waals surface area contributed by atoms with Crippen molar-refractivity contribution in [1.29, 1.82) is 0 Å². The number of aromatic hydroxyl groups is 2. The summed E-state index contributed by atoms with van der Waals surface area (Å²) in [6.45, 7) is 2.92. The van der Waals surface area contributed by atoms with E-state index in [1.54, 1.807) is 6.07 Å². The van der Waals surface area contributed by atoms with E-state index in [2.05, 4.69) is 6.58 Å². The molecule has 0 spiro atoms. The third-order valence-electron chi connectivity index (χ3n) is 4.25. The number of benzene rings is 2. The van der Waals surface area contributed by atoms with Gasteiger partial charge < -0.3 is 15.9 Å². The standard InChI is InChI=1S/C10H12ClNO.C9H7F3O/c11-8-5-10(13)9(12)4-7(8)6-2-1-3-6;1-6(9(10,11)12)7-2-4-8(13)5-3-7/h4-6,13H,1-3,12H2;2-5,13H,1H2. The molecule has 0 atom stereocenters. The van der Waals surface area contributed by atoms with Gasteiger partial charge in [-0.2, -0.15) is 13.2 Å². The highest BCUT2D eigenvalue weighted by Gasteiger charge is 2.32. The Hall–Kier alpha value is -2.34. The van der Waals surface area contributed by atoms with Gasteiger partial charge in [-0.1, -0.05) is 36.7 Å². The minimum atomic E-state index is -4.42. The fourth-order valence-electron chi connectivity index (χ4n) is 2.46. The Morgan fingerprint density at radius 1 is 1.12 bits per heavy atom. The van der Waals surface area contributed by atoms with Crippen molar-refractivity contribution in [3.8, 4) is 11.5 Å². The molecule has 1 saturated carbocycles. The fourth-order valence-corrected chi connectivity index (χ4v) is 2.77. The second kappa shape index (κ2) is 7.91. The molecule has 4 N–H and O–H groups in total. The maximum atomic E-state index is 12.1. The predicted molar refractivity (Wildman–Crippen MR) is 97.3 cm³/mol. The zero-order chi connectivity index (χ0) is 19.5. The van der Waals surface area contributed by atoms with E-state index in [0.29, 0.717) is 16.6 Å². The normalized spacial score (nSPS) is 14.2. The molecule has 1 fully saturated rings. The van der Waals surface area contributed by atoms with Crippen molar-refractivity contribution in [3.05, 3.63) is 59.1 Å². The molecule has 140 valence electrons. The molecule has 0 amide bonds. The van der Waals surface area contributed by atoms with Crippen LogP contribution in [0.25, 0.3) is 5.57 Å². The van der Waals surface area contributed by atoms with Crippen molar-refractivity contribution in [2.75, 3.05) is 5.73 Å². The molecule has 3 rings (SSSR count). The summed E-state index contributed by atoms with van der Waals surface area (Å²) in [5.74, 6) is 0.558. The first-order chi connectivity index (χ1) is 12.1. The number of nitrogens with two attached hydrogens (primary N) is 1. The van der Waals surface area contributed by atoms with Crippen molar-refractivity contribution >= 4 is 22.9 Å². The van der Waals surface area contributed by atoms with E-state index in [1.807, 2.05) is 0 Å². The van der Waals surface area contributed by atoms with E-state index < -0.39 is 11.7 Å². The number of allylic oxidation sites excluding steroid dienone is 1. The fraction of sp³-hybridized carbons (Fsp3) is 0.263. The van der Waals surface area contributed by atoms with Crippen molar-refractivity contribution < 1.29 is 23.4 Å². The van der Waals surface area contributed by atoms with Gasteiger partial charge in [0.25, 0.3) is 0 Å². The van der Waals surface area contributed by atoms with Crippen LogP contribution in [-0.2, 0) is 0 Å². The van der Waals surface area contributed by atoms with E-state index >= 15 is 0 Å². The van der Waals surface area contributed by atoms with E-state index in [-0.39, 0.29) is 17.1 Å². The lowest BCUT2D eigenvalue weighted by molar-refractivity contribution is -0.0686. The first-order valence-corrected chi connectivity index (χ1v) is 8.30. The Balaban J connectivity index is 0.000000187. The third-order valence-corrected chi connectivity index (χ3v) is 4.58. The van der Waals surface area contributed by atoms with Crippen molar-refractivity contribution in [2.24, 2.45) is 0 Å². The van der Waals surface area contributed by atoms with Gasteiger partial charge in [-0.15, -0.1) is 0 Å². The molecule has 1 aliphatic carbocycles. The quantitative estimate of drug-likeness (QED) is 0.448. The summed E-state index contributed by atoms with van der Waals surface area (Å²) in [7, 11) is 0. The summed E-state index contributed by atoms with van der Waals surface area (Å²) in [6, 6.07) is 8.04. The maximum Gasteiger partial charge on any atom is 0.416 e. The molecule has 0 aliphatic heterocycles. The van der Waals surface area contributed by atoms with Gasteiger partial charge in [-0.3, -0.25) is 0 Å². The molecule has 0 saturated heterocycles. The molecule has 26 heavy (non-hydrogen) atoms. The second-order valence-electron chi connectivity index (χ2n) is 6.08. The molecule has 0 radical (unpaired) electrons.